The second kappa shape index (κ2) is 7.22. The van der Waals surface area contributed by atoms with Gasteiger partial charge in [0.25, 0.3) is 10.0 Å². The van der Waals surface area contributed by atoms with E-state index in [0.717, 1.165) is 42.8 Å². The molecule has 0 amide bonds. The minimum Gasteiger partial charge on any atom is -0.312 e. The van der Waals surface area contributed by atoms with Crippen LogP contribution in [0.15, 0.2) is 10.3 Å². The molecule has 1 aromatic rings. The molecule has 1 heterocycles. The lowest BCUT2D eigenvalue weighted by Crippen LogP contribution is -2.33. The summed E-state index contributed by atoms with van der Waals surface area (Å²) in [7, 11) is -1.61. The van der Waals surface area contributed by atoms with Gasteiger partial charge in [-0.3, -0.25) is 0 Å². The number of hydrogen-bond acceptors (Lipinski definition) is 4. The number of nitrogens with one attached hydrogen (secondary N) is 1. The Hall–Kier alpha value is -0.430. The molecule has 0 aliphatic heterocycles. The fraction of sp³-hybridized carbons (Fsp3) is 0.733. The van der Waals surface area contributed by atoms with E-state index < -0.39 is 10.0 Å². The van der Waals surface area contributed by atoms with Crippen molar-refractivity contribution in [2.24, 2.45) is 5.92 Å². The Bertz CT molecular complexity index is 562. The molecule has 1 aliphatic carbocycles. The summed E-state index contributed by atoms with van der Waals surface area (Å²) in [5.41, 5.74) is 1.07. The van der Waals surface area contributed by atoms with Crippen LogP contribution in [0.2, 0.25) is 0 Å². The van der Waals surface area contributed by atoms with Crippen molar-refractivity contribution < 1.29 is 8.42 Å². The number of aryl methyl sites for hydroxylation is 1. The van der Waals surface area contributed by atoms with Crippen LogP contribution in [0.4, 0.5) is 0 Å². The van der Waals surface area contributed by atoms with E-state index in [1.165, 1.54) is 22.1 Å². The highest BCUT2D eigenvalue weighted by atomic mass is 32.2. The summed E-state index contributed by atoms with van der Waals surface area (Å²) in [4.78, 5) is 1.12. The fourth-order valence-corrected chi connectivity index (χ4v) is 5.48. The lowest BCUT2D eigenvalue weighted by molar-refractivity contribution is 0.263. The molecule has 0 aromatic carbocycles. The maximum atomic E-state index is 12.6. The van der Waals surface area contributed by atoms with Gasteiger partial charge in [0.05, 0.1) is 0 Å². The zero-order valence-corrected chi connectivity index (χ0v) is 14.8. The number of sulfonamides is 1. The Morgan fingerprint density at radius 3 is 2.71 bits per heavy atom. The van der Waals surface area contributed by atoms with Crippen molar-refractivity contribution >= 4 is 21.4 Å². The molecular formula is C15H26N2O2S2. The minimum absolute atomic E-state index is 0.482. The van der Waals surface area contributed by atoms with Crippen molar-refractivity contribution in [2.45, 2.75) is 50.3 Å². The summed E-state index contributed by atoms with van der Waals surface area (Å²) >= 11 is 1.41. The molecule has 0 spiro atoms. The van der Waals surface area contributed by atoms with Gasteiger partial charge in [-0.25, -0.2) is 8.42 Å². The minimum atomic E-state index is -3.32. The van der Waals surface area contributed by atoms with E-state index in [9.17, 15) is 8.42 Å². The predicted molar refractivity (Wildman–Crippen MR) is 88.2 cm³/mol. The van der Waals surface area contributed by atoms with Gasteiger partial charge in [-0.1, -0.05) is 13.3 Å². The van der Waals surface area contributed by atoms with Gasteiger partial charge in [-0.05, 0) is 50.3 Å². The van der Waals surface area contributed by atoms with Crippen LogP contribution >= 0.6 is 11.3 Å². The van der Waals surface area contributed by atoms with Crippen LogP contribution in [-0.2, 0) is 16.6 Å². The molecule has 0 unspecified atom stereocenters. The molecule has 0 radical (unpaired) electrons. The van der Waals surface area contributed by atoms with Crippen molar-refractivity contribution in [3.05, 3.63) is 16.5 Å². The number of thiophene rings is 1. The van der Waals surface area contributed by atoms with E-state index in [2.05, 4.69) is 12.2 Å². The summed E-state index contributed by atoms with van der Waals surface area (Å²) in [6.45, 7) is 6.49. The Labute approximate surface area is 132 Å². The van der Waals surface area contributed by atoms with Crippen molar-refractivity contribution in [1.29, 1.82) is 0 Å². The molecule has 1 saturated carbocycles. The standard InChI is InChI=1S/C15H26N2O2S2/c1-4-8-16-10-14-12(2)9-15(20-14)21(18,19)17(3)11-13-6-5-7-13/h9,13,16H,4-8,10-11H2,1-3H3. The lowest BCUT2D eigenvalue weighted by atomic mass is 9.86. The van der Waals surface area contributed by atoms with E-state index >= 15 is 0 Å². The lowest BCUT2D eigenvalue weighted by Gasteiger charge is -2.29. The SMILES string of the molecule is CCCNCc1sc(S(=O)(=O)N(C)CC2CCC2)cc1C. The third-order valence-electron chi connectivity index (χ3n) is 4.11. The zero-order valence-electron chi connectivity index (χ0n) is 13.2. The van der Waals surface area contributed by atoms with Gasteiger partial charge in [-0.15, -0.1) is 11.3 Å². The second-order valence-electron chi connectivity index (χ2n) is 5.93. The maximum absolute atomic E-state index is 12.6. The summed E-state index contributed by atoms with van der Waals surface area (Å²) in [5.74, 6) is 0.552. The van der Waals surface area contributed by atoms with Crippen LogP contribution in [-0.4, -0.2) is 32.9 Å². The first-order valence-electron chi connectivity index (χ1n) is 7.71. The third kappa shape index (κ3) is 4.06. The van der Waals surface area contributed by atoms with Crippen molar-refractivity contribution in [2.75, 3.05) is 20.1 Å². The molecule has 0 atom stereocenters. The summed E-state index contributed by atoms with van der Waals surface area (Å²) in [6.07, 6.45) is 4.65. The molecule has 0 bridgehead atoms. The average molecular weight is 331 g/mol. The first-order chi connectivity index (χ1) is 9.95. The Morgan fingerprint density at radius 2 is 2.14 bits per heavy atom. The molecule has 6 heteroatoms. The van der Waals surface area contributed by atoms with Gasteiger partial charge >= 0.3 is 0 Å². The predicted octanol–water partition coefficient (Wildman–Crippen LogP) is 2.98. The second-order valence-corrected chi connectivity index (χ2v) is 9.34. The monoisotopic (exact) mass is 330 g/mol. The van der Waals surface area contributed by atoms with Crippen LogP contribution in [0.1, 0.15) is 43.0 Å². The van der Waals surface area contributed by atoms with E-state index in [1.807, 2.05) is 13.0 Å². The highest BCUT2D eigenvalue weighted by Gasteiger charge is 2.28. The molecule has 120 valence electrons. The van der Waals surface area contributed by atoms with Crippen molar-refractivity contribution in [3.63, 3.8) is 0 Å². The van der Waals surface area contributed by atoms with E-state index in [-0.39, 0.29) is 0 Å². The van der Waals surface area contributed by atoms with Crippen LogP contribution < -0.4 is 5.32 Å². The van der Waals surface area contributed by atoms with E-state index in [1.54, 1.807) is 7.05 Å². The molecule has 1 N–H and O–H groups in total. The number of nitrogens with zero attached hydrogens (tertiary/aromatic N) is 1. The number of rotatable bonds is 8. The first-order valence-corrected chi connectivity index (χ1v) is 9.97. The van der Waals surface area contributed by atoms with Gasteiger partial charge in [0.15, 0.2) is 0 Å². The van der Waals surface area contributed by atoms with E-state index in [4.69, 9.17) is 0 Å². The molecule has 1 aromatic heterocycles. The van der Waals surface area contributed by atoms with Crippen LogP contribution in [0.3, 0.4) is 0 Å². The van der Waals surface area contributed by atoms with Gasteiger partial charge in [0.1, 0.15) is 4.21 Å². The molecule has 4 nitrogen and oxygen atoms in total. The van der Waals surface area contributed by atoms with Crippen molar-refractivity contribution in [1.82, 2.24) is 9.62 Å². The first kappa shape index (κ1) is 16.9. The molecule has 21 heavy (non-hydrogen) atoms. The van der Waals surface area contributed by atoms with Gasteiger partial charge in [0, 0.05) is 25.0 Å². The normalized spacial score (nSPS) is 16.4. The van der Waals surface area contributed by atoms with Crippen LogP contribution in [0.25, 0.3) is 0 Å². The molecule has 1 aliphatic rings. The Morgan fingerprint density at radius 1 is 1.43 bits per heavy atom. The maximum Gasteiger partial charge on any atom is 0.252 e. The summed E-state index contributed by atoms with van der Waals surface area (Å²) in [5, 5.41) is 3.34. The Kier molecular flexibility index (Phi) is 5.82. The average Bonchev–Trinajstić information content (AvgIpc) is 2.76. The molecular weight excluding hydrogens is 304 g/mol. The van der Waals surface area contributed by atoms with E-state index in [0.29, 0.717) is 16.7 Å². The van der Waals surface area contributed by atoms with Crippen LogP contribution in [0.5, 0.6) is 0 Å². The summed E-state index contributed by atoms with van der Waals surface area (Å²) in [6, 6.07) is 1.82. The largest absolute Gasteiger partial charge is 0.312 e. The number of hydrogen-bond donors (Lipinski definition) is 1. The van der Waals surface area contributed by atoms with Crippen molar-refractivity contribution in [3.8, 4) is 0 Å². The molecule has 2 rings (SSSR count). The Balaban J connectivity index is 2.06. The topological polar surface area (TPSA) is 49.4 Å². The summed E-state index contributed by atoms with van der Waals surface area (Å²) < 4.78 is 27.3. The third-order valence-corrected chi connectivity index (χ3v) is 7.62. The van der Waals surface area contributed by atoms with Gasteiger partial charge < -0.3 is 5.32 Å². The zero-order chi connectivity index (χ0) is 15.5. The highest BCUT2D eigenvalue weighted by molar-refractivity contribution is 7.91. The smallest absolute Gasteiger partial charge is 0.252 e. The quantitative estimate of drug-likeness (QED) is 0.746. The van der Waals surface area contributed by atoms with Crippen LogP contribution in [0, 0.1) is 12.8 Å². The van der Waals surface area contributed by atoms with Gasteiger partial charge in [0.2, 0.25) is 0 Å². The highest BCUT2D eigenvalue weighted by Crippen LogP contribution is 2.31. The fourth-order valence-electron chi connectivity index (χ4n) is 2.46. The van der Waals surface area contributed by atoms with Gasteiger partial charge in [-0.2, -0.15) is 4.31 Å². The molecule has 0 saturated heterocycles. The molecule has 1 fully saturated rings.